The van der Waals surface area contributed by atoms with Crippen LogP contribution in [-0.4, -0.2) is 32.1 Å². The summed E-state index contributed by atoms with van der Waals surface area (Å²) >= 11 is 0. The van der Waals surface area contributed by atoms with Crippen LogP contribution in [0.3, 0.4) is 0 Å². The second kappa shape index (κ2) is 6.66. The lowest BCUT2D eigenvalue weighted by atomic mass is 9.97. The van der Waals surface area contributed by atoms with E-state index in [9.17, 15) is 0 Å². The number of hydrogen-bond acceptors (Lipinski definition) is 2. The average Bonchev–Trinajstić information content (AvgIpc) is 2.27. The highest BCUT2D eigenvalue weighted by atomic mass is 15.1. The van der Waals surface area contributed by atoms with E-state index in [1.54, 1.807) is 0 Å². The highest BCUT2D eigenvalue weighted by molar-refractivity contribution is 5.26. The predicted octanol–water partition coefficient (Wildman–Crippen LogP) is 2.24. The smallest absolute Gasteiger partial charge is 0.00886 e. The Hall–Kier alpha value is -0.860. The highest BCUT2D eigenvalue weighted by Gasteiger charge is 2.10. The van der Waals surface area contributed by atoms with Crippen LogP contribution in [0.1, 0.15) is 30.4 Å². The minimum atomic E-state index is 0.450. The van der Waals surface area contributed by atoms with E-state index < -0.39 is 0 Å². The van der Waals surface area contributed by atoms with Crippen LogP contribution in [0, 0.1) is 0 Å². The molecule has 1 aromatic rings. The van der Waals surface area contributed by atoms with Crippen LogP contribution in [0.2, 0.25) is 0 Å². The summed E-state index contributed by atoms with van der Waals surface area (Å²) in [5.41, 5.74) is 8.60. The number of hydrogen-bond donors (Lipinski definition) is 1. The fourth-order valence-corrected chi connectivity index (χ4v) is 2.00. The summed E-state index contributed by atoms with van der Waals surface area (Å²) in [6.45, 7) is 3.94. The van der Waals surface area contributed by atoms with Crippen LogP contribution >= 0.6 is 0 Å². The van der Waals surface area contributed by atoms with E-state index in [-0.39, 0.29) is 0 Å². The lowest BCUT2D eigenvalue weighted by Gasteiger charge is -2.20. The number of nitrogens with two attached hydrogens (primary N) is 1. The average molecular weight is 220 g/mol. The fourth-order valence-electron chi connectivity index (χ4n) is 2.00. The maximum atomic E-state index is 5.82. The van der Waals surface area contributed by atoms with Gasteiger partial charge >= 0.3 is 0 Å². The Bertz CT molecular complexity index is 290. The zero-order valence-electron chi connectivity index (χ0n) is 10.7. The summed E-state index contributed by atoms with van der Waals surface area (Å²) < 4.78 is 0. The van der Waals surface area contributed by atoms with Gasteiger partial charge in [0, 0.05) is 19.0 Å². The van der Waals surface area contributed by atoms with Gasteiger partial charge in [0.05, 0.1) is 0 Å². The van der Waals surface area contributed by atoms with Gasteiger partial charge in [-0.25, -0.2) is 0 Å². The van der Waals surface area contributed by atoms with E-state index in [0.29, 0.717) is 12.5 Å². The SMILES string of the molecule is CCCc1ccc(C(CN)CN(C)C)cc1. The number of aryl methyl sites for hydroxylation is 1. The molecule has 0 fully saturated rings. The summed E-state index contributed by atoms with van der Waals surface area (Å²) in [7, 11) is 4.18. The van der Waals surface area contributed by atoms with Crippen LogP contribution in [0.25, 0.3) is 0 Å². The van der Waals surface area contributed by atoms with Crippen LogP contribution in [0.4, 0.5) is 0 Å². The molecule has 1 unspecified atom stereocenters. The molecule has 0 radical (unpaired) electrons. The molecule has 1 aromatic carbocycles. The standard InChI is InChI=1S/C14H24N2/c1-4-5-12-6-8-13(9-7-12)14(10-15)11-16(2)3/h6-9,14H,4-5,10-11,15H2,1-3H3. The first-order valence-corrected chi connectivity index (χ1v) is 6.11. The Morgan fingerprint density at radius 2 is 1.81 bits per heavy atom. The quantitative estimate of drug-likeness (QED) is 0.796. The van der Waals surface area contributed by atoms with E-state index in [1.807, 2.05) is 0 Å². The van der Waals surface area contributed by atoms with Crippen molar-refractivity contribution < 1.29 is 0 Å². The molecule has 0 aliphatic rings. The van der Waals surface area contributed by atoms with Crippen molar-refractivity contribution >= 4 is 0 Å². The van der Waals surface area contributed by atoms with Crippen molar-refractivity contribution in [2.45, 2.75) is 25.7 Å². The van der Waals surface area contributed by atoms with Gasteiger partial charge < -0.3 is 10.6 Å². The second-order valence-electron chi connectivity index (χ2n) is 4.69. The minimum Gasteiger partial charge on any atom is -0.330 e. The molecule has 90 valence electrons. The Balaban J connectivity index is 2.70. The molecular formula is C14H24N2. The first-order valence-electron chi connectivity index (χ1n) is 6.11. The summed E-state index contributed by atoms with van der Waals surface area (Å²) in [4.78, 5) is 2.19. The molecule has 0 aromatic heterocycles. The van der Waals surface area contributed by atoms with Crippen LogP contribution in [-0.2, 0) is 6.42 Å². The lowest BCUT2D eigenvalue weighted by Crippen LogP contribution is -2.25. The third-order valence-electron chi connectivity index (χ3n) is 2.86. The van der Waals surface area contributed by atoms with E-state index in [0.717, 1.165) is 6.54 Å². The van der Waals surface area contributed by atoms with Crippen LogP contribution < -0.4 is 5.73 Å². The molecule has 0 aliphatic heterocycles. The monoisotopic (exact) mass is 220 g/mol. The molecule has 1 rings (SSSR count). The first-order chi connectivity index (χ1) is 7.67. The number of benzene rings is 1. The predicted molar refractivity (Wildman–Crippen MR) is 70.8 cm³/mol. The van der Waals surface area contributed by atoms with Crippen molar-refractivity contribution in [1.29, 1.82) is 0 Å². The van der Waals surface area contributed by atoms with E-state index in [2.05, 4.69) is 50.2 Å². The van der Waals surface area contributed by atoms with Gasteiger partial charge in [0.1, 0.15) is 0 Å². The van der Waals surface area contributed by atoms with Crippen molar-refractivity contribution in [3.8, 4) is 0 Å². The number of nitrogens with zero attached hydrogens (tertiary/aromatic N) is 1. The summed E-state index contributed by atoms with van der Waals surface area (Å²) in [6.07, 6.45) is 2.37. The molecular weight excluding hydrogens is 196 g/mol. The van der Waals surface area contributed by atoms with Crippen molar-refractivity contribution in [1.82, 2.24) is 4.90 Å². The molecule has 0 bridgehead atoms. The highest BCUT2D eigenvalue weighted by Crippen LogP contribution is 2.16. The third kappa shape index (κ3) is 3.95. The molecule has 2 heteroatoms. The number of rotatable bonds is 6. The molecule has 16 heavy (non-hydrogen) atoms. The molecule has 0 saturated carbocycles. The van der Waals surface area contributed by atoms with E-state index in [4.69, 9.17) is 5.73 Å². The molecule has 0 aliphatic carbocycles. The Morgan fingerprint density at radius 3 is 2.25 bits per heavy atom. The van der Waals surface area contributed by atoms with Gasteiger partial charge in [-0.2, -0.15) is 0 Å². The molecule has 0 spiro atoms. The first kappa shape index (κ1) is 13.2. The molecule has 0 heterocycles. The number of likely N-dealkylation sites (N-methyl/N-ethyl adjacent to an activating group) is 1. The molecule has 0 saturated heterocycles. The molecule has 2 N–H and O–H groups in total. The van der Waals surface area contributed by atoms with Crippen molar-refractivity contribution in [2.24, 2.45) is 5.73 Å². The van der Waals surface area contributed by atoms with Gasteiger partial charge in [-0.3, -0.25) is 0 Å². The maximum absolute atomic E-state index is 5.82. The molecule has 2 nitrogen and oxygen atoms in total. The third-order valence-corrected chi connectivity index (χ3v) is 2.86. The van der Waals surface area contributed by atoms with Crippen LogP contribution in [0.5, 0.6) is 0 Å². The van der Waals surface area contributed by atoms with Gasteiger partial charge in [0.15, 0.2) is 0 Å². The second-order valence-corrected chi connectivity index (χ2v) is 4.69. The van der Waals surface area contributed by atoms with Crippen molar-refractivity contribution in [3.63, 3.8) is 0 Å². The topological polar surface area (TPSA) is 29.3 Å². The molecule has 1 atom stereocenters. The van der Waals surface area contributed by atoms with Crippen molar-refractivity contribution in [2.75, 3.05) is 27.2 Å². The Morgan fingerprint density at radius 1 is 1.19 bits per heavy atom. The fraction of sp³-hybridized carbons (Fsp3) is 0.571. The largest absolute Gasteiger partial charge is 0.330 e. The zero-order chi connectivity index (χ0) is 12.0. The minimum absolute atomic E-state index is 0.450. The summed E-state index contributed by atoms with van der Waals surface area (Å²) in [5.74, 6) is 0.450. The van der Waals surface area contributed by atoms with Gasteiger partial charge in [-0.15, -0.1) is 0 Å². The summed E-state index contributed by atoms with van der Waals surface area (Å²) in [6, 6.07) is 8.92. The summed E-state index contributed by atoms with van der Waals surface area (Å²) in [5, 5.41) is 0. The Kier molecular flexibility index (Phi) is 5.50. The van der Waals surface area contributed by atoms with Crippen LogP contribution in [0.15, 0.2) is 24.3 Å². The van der Waals surface area contributed by atoms with Gasteiger partial charge in [0.2, 0.25) is 0 Å². The van der Waals surface area contributed by atoms with Gasteiger partial charge in [-0.05, 0) is 31.6 Å². The zero-order valence-corrected chi connectivity index (χ0v) is 10.7. The Labute approximate surface area is 99.5 Å². The van der Waals surface area contributed by atoms with Crippen molar-refractivity contribution in [3.05, 3.63) is 35.4 Å². The van der Waals surface area contributed by atoms with E-state index >= 15 is 0 Å². The van der Waals surface area contributed by atoms with Gasteiger partial charge in [0.25, 0.3) is 0 Å². The maximum Gasteiger partial charge on any atom is 0.00886 e. The van der Waals surface area contributed by atoms with Gasteiger partial charge in [-0.1, -0.05) is 37.6 Å². The lowest BCUT2D eigenvalue weighted by molar-refractivity contribution is 0.375. The molecule has 0 amide bonds. The van der Waals surface area contributed by atoms with E-state index in [1.165, 1.54) is 24.0 Å². The normalized spacial score (nSPS) is 13.1.